The Hall–Kier alpha value is -2.00. The molecule has 0 unspecified atom stereocenters. The molecule has 0 saturated carbocycles. The Balaban J connectivity index is 2.08. The summed E-state index contributed by atoms with van der Waals surface area (Å²) >= 11 is 6.07. The maximum Gasteiger partial charge on any atom is 0.225 e. The zero-order valence-corrected chi connectivity index (χ0v) is 13.8. The molecule has 2 aromatic rings. The predicted molar refractivity (Wildman–Crippen MR) is 90.8 cm³/mol. The van der Waals surface area contributed by atoms with Gasteiger partial charge < -0.3 is 10.1 Å². The number of halogens is 1. The lowest BCUT2D eigenvalue weighted by Gasteiger charge is -2.15. The van der Waals surface area contributed by atoms with Crippen LogP contribution in [0.1, 0.15) is 30.4 Å². The number of methoxy groups -OCH3 is 1. The van der Waals surface area contributed by atoms with Crippen LogP contribution in [0.25, 0.3) is 0 Å². The average molecular weight is 318 g/mol. The van der Waals surface area contributed by atoms with Crippen LogP contribution in [0.15, 0.2) is 42.5 Å². The van der Waals surface area contributed by atoms with Gasteiger partial charge in [0, 0.05) is 17.5 Å². The molecule has 116 valence electrons. The maximum atomic E-state index is 12.3. The first kappa shape index (κ1) is 16.4. The van der Waals surface area contributed by atoms with E-state index in [1.54, 1.807) is 13.2 Å². The van der Waals surface area contributed by atoms with Crippen molar-refractivity contribution in [1.29, 1.82) is 0 Å². The van der Waals surface area contributed by atoms with E-state index in [9.17, 15) is 4.79 Å². The molecule has 0 aromatic heterocycles. The maximum absolute atomic E-state index is 12.3. The number of hydrogen-bond donors (Lipinski definition) is 1. The highest BCUT2D eigenvalue weighted by Gasteiger charge is 2.14. The van der Waals surface area contributed by atoms with Gasteiger partial charge in [-0.1, -0.05) is 48.9 Å². The monoisotopic (exact) mass is 317 g/mol. The Labute approximate surface area is 136 Å². The second-order valence-electron chi connectivity index (χ2n) is 5.37. The van der Waals surface area contributed by atoms with E-state index in [4.69, 9.17) is 16.3 Å². The van der Waals surface area contributed by atoms with E-state index in [0.29, 0.717) is 22.9 Å². The van der Waals surface area contributed by atoms with Gasteiger partial charge in [-0.2, -0.15) is 0 Å². The SMILES string of the molecule is COc1cc(Cl)c(C)cc1NC(=O)C[C@@H](C)c1ccccc1. The molecule has 22 heavy (non-hydrogen) atoms. The fraction of sp³-hybridized carbons (Fsp3) is 0.278. The quantitative estimate of drug-likeness (QED) is 0.861. The van der Waals surface area contributed by atoms with Gasteiger partial charge in [0.2, 0.25) is 5.91 Å². The van der Waals surface area contributed by atoms with Gasteiger partial charge in [0.25, 0.3) is 0 Å². The summed E-state index contributed by atoms with van der Waals surface area (Å²) in [6, 6.07) is 13.5. The van der Waals surface area contributed by atoms with Crippen LogP contribution in [-0.4, -0.2) is 13.0 Å². The molecule has 0 saturated heterocycles. The summed E-state index contributed by atoms with van der Waals surface area (Å²) in [4.78, 5) is 12.3. The molecule has 4 heteroatoms. The largest absolute Gasteiger partial charge is 0.495 e. The van der Waals surface area contributed by atoms with E-state index in [1.807, 2.05) is 50.2 Å². The topological polar surface area (TPSA) is 38.3 Å². The third kappa shape index (κ3) is 4.01. The Kier molecular flexibility index (Phi) is 5.45. The number of benzene rings is 2. The molecule has 0 aliphatic heterocycles. The van der Waals surface area contributed by atoms with Gasteiger partial charge in [0.1, 0.15) is 5.75 Å². The van der Waals surface area contributed by atoms with Crippen molar-refractivity contribution < 1.29 is 9.53 Å². The third-order valence-electron chi connectivity index (χ3n) is 3.62. The number of carbonyl (C=O) groups excluding carboxylic acids is 1. The van der Waals surface area contributed by atoms with Gasteiger partial charge in [-0.05, 0) is 30.0 Å². The van der Waals surface area contributed by atoms with Gasteiger partial charge >= 0.3 is 0 Å². The molecule has 0 bridgehead atoms. The first-order valence-electron chi connectivity index (χ1n) is 7.20. The summed E-state index contributed by atoms with van der Waals surface area (Å²) < 4.78 is 5.27. The highest BCUT2D eigenvalue weighted by molar-refractivity contribution is 6.31. The summed E-state index contributed by atoms with van der Waals surface area (Å²) in [6.45, 7) is 3.93. The molecule has 1 N–H and O–H groups in total. The third-order valence-corrected chi connectivity index (χ3v) is 4.02. The van der Waals surface area contributed by atoms with Gasteiger partial charge in [0.05, 0.1) is 12.8 Å². The lowest BCUT2D eigenvalue weighted by atomic mass is 9.97. The van der Waals surface area contributed by atoms with Gasteiger partial charge in [-0.3, -0.25) is 4.79 Å². The molecule has 1 amide bonds. The highest BCUT2D eigenvalue weighted by Crippen LogP contribution is 2.31. The lowest BCUT2D eigenvalue weighted by Crippen LogP contribution is -2.15. The van der Waals surface area contributed by atoms with Crippen molar-refractivity contribution in [3.63, 3.8) is 0 Å². The van der Waals surface area contributed by atoms with Crippen LogP contribution < -0.4 is 10.1 Å². The molecule has 3 nitrogen and oxygen atoms in total. The molecule has 0 radical (unpaired) electrons. The number of aryl methyl sites for hydroxylation is 1. The van der Waals surface area contributed by atoms with Crippen molar-refractivity contribution in [3.8, 4) is 5.75 Å². The van der Waals surface area contributed by atoms with E-state index >= 15 is 0 Å². The standard InChI is InChI=1S/C18H20ClNO2/c1-12(14-7-5-4-6-8-14)10-18(21)20-16-9-13(2)15(19)11-17(16)22-3/h4-9,11-12H,10H2,1-3H3,(H,20,21)/t12-/m1/s1. The molecular weight excluding hydrogens is 298 g/mol. The first-order valence-corrected chi connectivity index (χ1v) is 7.58. The minimum Gasteiger partial charge on any atom is -0.495 e. The highest BCUT2D eigenvalue weighted by atomic mass is 35.5. The number of amides is 1. The van der Waals surface area contributed by atoms with E-state index in [0.717, 1.165) is 11.1 Å². The lowest BCUT2D eigenvalue weighted by molar-refractivity contribution is -0.116. The number of anilines is 1. The number of rotatable bonds is 5. The minimum atomic E-state index is -0.0450. The van der Waals surface area contributed by atoms with E-state index in [1.165, 1.54) is 0 Å². The molecular formula is C18H20ClNO2. The van der Waals surface area contributed by atoms with Crippen molar-refractivity contribution in [2.24, 2.45) is 0 Å². The van der Waals surface area contributed by atoms with Crippen molar-refractivity contribution in [2.45, 2.75) is 26.2 Å². The molecule has 0 heterocycles. The fourth-order valence-corrected chi connectivity index (χ4v) is 2.46. The zero-order valence-electron chi connectivity index (χ0n) is 13.0. The minimum absolute atomic E-state index is 0.0450. The number of carbonyl (C=O) groups is 1. The molecule has 2 rings (SSSR count). The Morgan fingerprint density at radius 2 is 1.95 bits per heavy atom. The van der Waals surface area contributed by atoms with Crippen molar-refractivity contribution in [3.05, 3.63) is 58.6 Å². The molecule has 0 aliphatic rings. The van der Waals surface area contributed by atoms with E-state index < -0.39 is 0 Å². The van der Waals surface area contributed by atoms with Crippen LogP contribution in [-0.2, 0) is 4.79 Å². The van der Waals surface area contributed by atoms with Crippen molar-refractivity contribution >= 4 is 23.2 Å². The summed E-state index contributed by atoms with van der Waals surface area (Å²) in [5.74, 6) is 0.674. The second-order valence-corrected chi connectivity index (χ2v) is 5.77. The average Bonchev–Trinajstić information content (AvgIpc) is 2.51. The Morgan fingerprint density at radius 1 is 1.27 bits per heavy atom. The Bertz CT molecular complexity index is 656. The fourth-order valence-electron chi connectivity index (χ4n) is 2.31. The summed E-state index contributed by atoms with van der Waals surface area (Å²) in [5, 5.41) is 3.53. The smallest absolute Gasteiger partial charge is 0.225 e. The van der Waals surface area contributed by atoms with Crippen LogP contribution in [0, 0.1) is 6.92 Å². The van der Waals surface area contributed by atoms with Gasteiger partial charge in [0.15, 0.2) is 0 Å². The normalized spacial score (nSPS) is 11.8. The van der Waals surface area contributed by atoms with Gasteiger partial charge in [-0.15, -0.1) is 0 Å². The van der Waals surface area contributed by atoms with Crippen LogP contribution in [0.2, 0.25) is 5.02 Å². The molecule has 0 spiro atoms. The summed E-state index contributed by atoms with van der Waals surface area (Å²) in [5.41, 5.74) is 2.69. The van der Waals surface area contributed by atoms with E-state index in [-0.39, 0.29) is 11.8 Å². The van der Waals surface area contributed by atoms with Crippen LogP contribution in [0.4, 0.5) is 5.69 Å². The first-order chi connectivity index (χ1) is 10.5. The second kappa shape index (κ2) is 7.32. The predicted octanol–water partition coefficient (Wildman–Crippen LogP) is 4.79. The molecule has 0 fully saturated rings. The van der Waals surface area contributed by atoms with Crippen molar-refractivity contribution in [1.82, 2.24) is 0 Å². The van der Waals surface area contributed by atoms with Crippen molar-refractivity contribution in [2.75, 3.05) is 12.4 Å². The number of nitrogens with one attached hydrogen (secondary N) is 1. The molecule has 0 aliphatic carbocycles. The van der Waals surface area contributed by atoms with Crippen LogP contribution in [0.3, 0.4) is 0 Å². The number of hydrogen-bond acceptors (Lipinski definition) is 2. The number of ether oxygens (including phenoxy) is 1. The summed E-state index contributed by atoms with van der Waals surface area (Å²) in [6.07, 6.45) is 0.412. The van der Waals surface area contributed by atoms with Crippen LogP contribution >= 0.6 is 11.6 Å². The van der Waals surface area contributed by atoms with Crippen LogP contribution in [0.5, 0.6) is 5.75 Å². The molecule has 1 atom stereocenters. The van der Waals surface area contributed by atoms with E-state index in [2.05, 4.69) is 5.32 Å². The zero-order chi connectivity index (χ0) is 16.1. The Morgan fingerprint density at radius 3 is 2.59 bits per heavy atom. The summed E-state index contributed by atoms with van der Waals surface area (Å²) in [7, 11) is 1.56. The van der Waals surface area contributed by atoms with Gasteiger partial charge in [-0.25, -0.2) is 0 Å². The molecule has 2 aromatic carbocycles.